The van der Waals surface area contributed by atoms with Crippen LogP contribution in [0.15, 0.2) is 47.8 Å². The molecule has 1 heterocycles. The van der Waals surface area contributed by atoms with E-state index in [2.05, 4.69) is 25.7 Å². The van der Waals surface area contributed by atoms with Gasteiger partial charge in [-0.15, -0.1) is 0 Å². The molecule has 6 heteroatoms. The fraction of sp³-hybridized carbons (Fsp3) is 0.458. The molecule has 0 saturated heterocycles. The highest BCUT2D eigenvalue weighted by Gasteiger charge is 2.46. The van der Waals surface area contributed by atoms with E-state index in [4.69, 9.17) is 9.47 Å². The van der Waals surface area contributed by atoms with E-state index in [1.807, 2.05) is 0 Å². The number of carbonyl (C=O) groups excluding carboxylic acids is 3. The zero-order chi connectivity index (χ0) is 22.2. The molecule has 0 bridgehead atoms. The van der Waals surface area contributed by atoms with Crippen molar-refractivity contribution in [2.24, 2.45) is 11.3 Å². The summed E-state index contributed by atoms with van der Waals surface area (Å²) in [5.41, 5.74) is 2.94. The maximum atomic E-state index is 13.2. The Morgan fingerprint density at radius 2 is 1.80 bits per heavy atom. The van der Waals surface area contributed by atoms with Crippen molar-refractivity contribution in [2.45, 2.75) is 52.6 Å². The lowest BCUT2D eigenvalue weighted by molar-refractivity contribution is -0.151. The number of Topliss-reactive ketones (excluding diaryl/α,β-unsaturated/α-hetero) is 1. The Kier molecular flexibility index (Phi) is 5.88. The normalized spacial score (nSPS) is 23.0. The van der Waals surface area contributed by atoms with Crippen LogP contribution in [0.25, 0.3) is 0 Å². The van der Waals surface area contributed by atoms with Crippen LogP contribution in [-0.2, 0) is 19.1 Å². The first-order valence-electron chi connectivity index (χ1n) is 10.1. The molecular formula is C24H29NO5. The van der Waals surface area contributed by atoms with E-state index in [0.29, 0.717) is 29.7 Å². The van der Waals surface area contributed by atoms with E-state index >= 15 is 0 Å². The number of hydrogen-bond donors (Lipinski definition) is 1. The third-order valence-electron chi connectivity index (χ3n) is 5.55. The van der Waals surface area contributed by atoms with Crippen molar-refractivity contribution in [3.8, 4) is 0 Å². The zero-order valence-electron chi connectivity index (χ0n) is 18.2. The Bertz CT molecular complexity index is 923. The van der Waals surface area contributed by atoms with Gasteiger partial charge in [0, 0.05) is 29.3 Å². The molecule has 1 aromatic rings. The van der Waals surface area contributed by atoms with Gasteiger partial charge in [0.1, 0.15) is 5.92 Å². The molecule has 0 saturated carbocycles. The number of benzene rings is 1. The molecule has 160 valence electrons. The number of methoxy groups -OCH3 is 1. The van der Waals surface area contributed by atoms with Gasteiger partial charge in [0.15, 0.2) is 5.78 Å². The number of ketones is 1. The number of nitrogens with one attached hydrogen (secondary N) is 1. The van der Waals surface area contributed by atoms with Crippen LogP contribution in [0.4, 0.5) is 0 Å². The lowest BCUT2D eigenvalue weighted by Gasteiger charge is -2.42. The predicted molar refractivity (Wildman–Crippen MR) is 113 cm³/mol. The van der Waals surface area contributed by atoms with Crippen LogP contribution in [0.2, 0.25) is 0 Å². The molecular weight excluding hydrogens is 382 g/mol. The minimum atomic E-state index is -0.736. The van der Waals surface area contributed by atoms with E-state index in [9.17, 15) is 14.4 Å². The van der Waals surface area contributed by atoms with Gasteiger partial charge in [-0.2, -0.15) is 0 Å². The molecule has 30 heavy (non-hydrogen) atoms. The molecule has 2 unspecified atom stereocenters. The van der Waals surface area contributed by atoms with Crippen molar-refractivity contribution in [3.63, 3.8) is 0 Å². The molecule has 1 aliphatic carbocycles. The lowest BCUT2D eigenvalue weighted by Crippen LogP contribution is -2.44. The molecule has 0 fully saturated rings. The molecule has 2 aliphatic rings. The van der Waals surface area contributed by atoms with Gasteiger partial charge in [-0.3, -0.25) is 9.59 Å². The van der Waals surface area contributed by atoms with Crippen LogP contribution >= 0.6 is 0 Å². The van der Waals surface area contributed by atoms with E-state index in [0.717, 1.165) is 11.3 Å². The second-order valence-electron chi connectivity index (χ2n) is 9.04. The fourth-order valence-corrected chi connectivity index (χ4v) is 4.33. The maximum absolute atomic E-state index is 13.2. The number of ether oxygens (including phenoxy) is 2. The second kappa shape index (κ2) is 8.09. The van der Waals surface area contributed by atoms with Gasteiger partial charge in [0.2, 0.25) is 0 Å². The largest absolute Gasteiger partial charge is 0.465 e. The molecule has 1 N–H and O–H groups in total. The number of carbonyl (C=O) groups is 3. The lowest BCUT2D eigenvalue weighted by atomic mass is 9.66. The summed E-state index contributed by atoms with van der Waals surface area (Å²) in [6, 6.07) is 6.83. The first-order valence-corrected chi connectivity index (χ1v) is 10.1. The predicted octanol–water partition coefficient (Wildman–Crippen LogP) is 3.88. The highest BCUT2D eigenvalue weighted by atomic mass is 16.5. The Morgan fingerprint density at radius 1 is 1.17 bits per heavy atom. The summed E-state index contributed by atoms with van der Waals surface area (Å²) in [7, 11) is 1.32. The number of allylic oxidation sites excluding steroid dienone is 2. The second-order valence-corrected chi connectivity index (χ2v) is 9.04. The van der Waals surface area contributed by atoms with Crippen LogP contribution in [0.3, 0.4) is 0 Å². The third-order valence-corrected chi connectivity index (χ3v) is 5.55. The number of esters is 2. The van der Waals surface area contributed by atoms with Crippen LogP contribution < -0.4 is 5.32 Å². The molecule has 0 spiro atoms. The SMILES string of the molecule is C=C1NC2=C(C(=O)CC(C)(C)C2)C(c2ccc(C(=O)OC)cc2)C1C(=O)OC(C)C. The smallest absolute Gasteiger partial charge is 0.337 e. The van der Waals surface area contributed by atoms with Gasteiger partial charge in [-0.05, 0) is 43.4 Å². The Balaban J connectivity index is 2.12. The highest BCUT2D eigenvalue weighted by Crippen LogP contribution is 2.48. The average molecular weight is 411 g/mol. The van der Waals surface area contributed by atoms with Crippen LogP contribution in [0, 0.1) is 11.3 Å². The average Bonchev–Trinajstić information content (AvgIpc) is 2.64. The van der Waals surface area contributed by atoms with Gasteiger partial charge < -0.3 is 14.8 Å². The van der Waals surface area contributed by atoms with Crippen LogP contribution in [0.1, 0.15) is 62.4 Å². The summed E-state index contributed by atoms with van der Waals surface area (Å²) in [5.74, 6) is -2.10. The van der Waals surface area contributed by atoms with Crippen molar-refractivity contribution in [1.29, 1.82) is 0 Å². The highest BCUT2D eigenvalue weighted by molar-refractivity contribution is 6.01. The van der Waals surface area contributed by atoms with E-state index in [1.165, 1.54) is 7.11 Å². The number of rotatable bonds is 4. The van der Waals surface area contributed by atoms with E-state index in [1.54, 1.807) is 38.1 Å². The molecule has 1 aromatic carbocycles. The molecule has 0 aromatic heterocycles. The molecule has 3 rings (SSSR count). The monoisotopic (exact) mass is 411 g/mol. The quantitative estimate of drug-likeness (QED) is 0.757. The van der Waals surface area contributed by atoms with E-state index in [-0.39, 0.29) is 17.3 Å². The topological polar surface area (TPSA) is 81.7 Å². The molecule has 6 nitrogen and oxygen atoms in total. The zero-order valence-corrected chi connectivity index (χ0v) is 18.2. The summed E-state index contributed by atoms with van der Waals surface area (Å²) < 4.78 is 10.3. The first kappa shape index (κ1) is 21.8. The Hall–Kier alpha value is -2.89. The van der Waals surface area contributed by atoms with Crippen LogP contribution in [-0.4, -0.2) is 30.9 Å². The summed E-state index contributed by atoms with van der Waals surface area (Å²) in [6.45, 7) is 11.8. The molecule has 1 aliphatic heterocycles. The van der Waals surface area contributed by atoms with E-state index < -0.39 is 23.8 Å². The standard InChI is InChI=1S/C24H29NO5/c1-13(2)30-23(28)19-14(3)25-17-11-24(4,5)12-18(26)21(17)20(19)15-7-9-16(10-8-15)22(27)29-6/h7-10,13,19-20,25H,3,11-12H2,1-2,4-6H3. The Labute approximate surface area is 177 Å². The van der Waals surface area contributed by atoms with Crippen LogP contribution in [0.5, 0.6) is 0 Å². The van der Waals surface area contributed by atoms with Gasteiger partial charge in [-0.25, -0.2) is 4.79 Å². The van der Waals surface area contributed by atoms with Crippen molar-refractivity contribution in [3.05, 3.63) is 58.9 Å². The maximum Gasteiger partial charge on any atom is 0.337 e. The number of hydrogen-bond acceptors (Lipinski definition) is 6. The fourth-order valence-electron chi connectivity index (χ4n) is 4.33. The van der Waals surface area contributed by atoms with Gasteiger partial charge in [0.25, 0.3) is 0 Å². The van der Waals surface area contributed by atoms with Crippen molar-refractivity contribution >= 4 is 17.7 Å². The minimum absolute atomic E-state index is 0.0191. The summed E-state index contributed by atoms with van der Waals surface area (Å²) in [5, 5.41) is 3.24. The van der Waals surface area contributed by atoms with Crippen molar-refractivity contribution in [1.82, 2.24) is 5.32 Å². The van der Waals surface area contributed by atoms with Crippen molar-refractivity contribution < 1.29 is 23.9 Å². The Morgan fingerprint density at radius 3 is 2.37 bits per heavy atom. The first-order chi connectivity index (χ1) is 14.0. The summed E-state index contributed by atoms with van der Waals surface area (Å²) in [4.78, 5) is 38.0. The third kappa shape index (κ3) is 4.18. The summed E-state index contributed by atoms with van der Waals surface area (Å²) >= 11 is 0. The molecule has 0 amide bonds. The van der Waals surface area contributed by atoms with Gasteiger partial charge in [0.05, 0.1) is 18.8 Å². The molecule has 2 atom stereocenters. The molecule has 0 radical (unpaired) electrons. The minimum Gasteiger partial charge on any atom is -0.465 e. The van der Waals surface area contributed by atoms with Gasteiger partial charge in [-0.1, -0.05) is 32.6 Å². The summed E-state index contributed by atoms with van der Waals surface area (Å²) in [6.07, 6.45) is 0.808. The van der Waals surface area contributed by atoms with Gasteiger partial charge >= 0.3 is 11.9 Å². The van der Waals surface area contributed by atoms with Crippen molar-refractivity contribution in [2.75, 3.05) is 7.11 Å².